The van der Waals surface area contributed by atoms with Crippen molar-refractivity contribution < 1.29 is 9.53 Å². The van der Waals surface area contributed by atoms with Crippen molar-refractivity contribution in [1.82, 2.24) is 4.98 Å². The van der Waals surface area contributed by atoms with E-state index in [1.807, 2.05) is 24.3 Å². The van der Waals surface area contributed by atoms with Crippen LogP contribution in [0.2, 0.25) is 5.02 Å². The number of amides is 1. The highest BCUT2D eigenvalue weighted by atomic mass is 35.5. The van der Waals surface area contributed by atoms with E-state index in [1.54, 1.807) is 30.5 Å². The topological polar surface area (TPSA) is 51.2 Å². The van der Waals surface area contributed by atoms with E-state index in [0.29, 0.717) is 22.0 Å². The Balaban J connectivity index is 2.06. The Morgan fingerprint density at radius 1 is 1.18 bits per heavy atom. The molecule has 4 nitrogen and oxygen atoms in total. The molecule has 5 heteroatoms. The van der Waals surface area contributed by atoms with Gasteiger partial charge in [-0.05, 0) is 24.3 Å². The van der Waals surface area contributed by atoms with E-state index in [9.17, 15) is 4.79 Å². The first-order valence-corrected chi connectivity index (χ1v) is 7.05. The Morgan fingerprint density at radius 2 is 2.00 bits per heavy atom. The van der Waals surface area contributed by atoms with Gasteiger partial charge >= 0.3 is 0 Å². The third kappa shape index (κ3) is 2.73. The van der Waals surface area contributed by atoms with E-state index >= 15 is 0 Å². The summed E-state index contributed by atoms with van der Waals surface area (Å²) < 4.78 is 5.29. The number of aromatic nitrogens is 1. The Bertz CT molecular complexity index is 849. The van der Waals surface area contributed by atoms with Gasteiger partial charge in [-0.2, -0.15) is 0 Å². The lowest BCUT2D eigenvalue weighted by Crippen LogP contribution is -2.14. The number of benzene rings is 2. The van der Waals surface area contributed by atoms with Crippen LogP contribution >= 0.6 is 11.6 Å². The molecule has 22 heavy (non-hydrogen) atoms. The van der Waals surface area contributed by atoms with E-state index < -0.39 is 0 Å². The standard InChI is InChI=1S/C17H13ClN2O2/c1-22-15-10-19-14-8-3-2-7-13(14)16(15)17(21)20-12-6-4-5-11(18)9-12/h2-10H,1H3,(H,20,21). The molecule has 3 rings (SSSR count). The molecule has 1 amide bonds. The fourth-order valence-corrected chi connectivity index (χ4v) is 2.46. The van der Waals surface area contributed by atoms with Gasteiger partial charge in [-0.15, -0.1) is 0 Å². The van der Waals surface area contributed by atoms with Crippen LogP contribution in [0.5, 0.6) is 5.75 Å². The number of pyridine rings is 1. The van der Waals surface area contributed by atoms with Gasteiger partial charge in [0, 0.05) is 16.1 Å². The number of hydrogen-bond acceptors (Lipinski definition) is 3. The molecule has 0 fully saturated rings. The van der Waals surface area contributed by atoms with Crippen LogP contribution in [-0.2, 0) is 0 Å². The quantitative estimate of drug-likeness (QED) is 0.790. The molecule has 1 aromatic heterocycles. The molecular formula is C17H13ClN2O2. The summed E-state index contributed by atoms with van der Waals surface area (Å²) in [5, 5.41) is 4.13. The third-order valence-electron chi connectivity index (χ3n) is 3.27. The number of carbonyl (C=O) groups is 1. The maximum absolute atomic E-state index is 12.7. The molecule has 1 heterocycles. The van der Waals surface area contributed by atoms with Crippen LogP contribution in [0.3, 0.4) is 0 Å². The average molecular weight is 313 g/mol. The van der Waals surface area contributed by atoms with Gasteiger partial charge in [0.05, 0.1) is 24.4 Å². The Labute approximate surface area is 132 Å². The smallest absolute Gasteiger partial charge is 0.260 e. The number of fused-ring (bicyclic) bond motifs is 1. The molecule has 0 aliphatic carbocycles. The fourth-order valence-electron chi connectivity index (χ4n) is 2.27. The SMILES string of the molecule is COc1cnc2ccccc2c1C(=O)Nc1cccc(Cl)c1. The number of rotatable bonds is 3. The second kappa shape index (κ2) is 6.03. The molecule has 0 bridgehead atoms. The lowest BCUT2D eigenvalue weighted by molar-refractivity contribution is 0.102. The fraction of sp³-hybridized carbons (Fsp3) is 0.0588. The summed E-state index contributed by atoms with van der Waals surface area (Å²) in [6.07, 6.45) is 1.55. The van der Waals surface area contributed by atoms with Crippen LogP contribution in [0.1, 0.15) is 10.4 Å². The highest BCUT2D eigenvalue weighted by Crippen LogP contribution is 2.27. The molecule has 3 aromatic rings. The summed E-state index contributed by atoms with van der Waals surface area (Å²) in [4.78, 5) is 16.9. The van der Waals surface area contributed by atoms with Gasteiger partial charge in [-0.25, -0.2) is 0 Å². The monoisotopic (exact) mass is 312 g/mol. The van der Waals surface area contributed by atoms with Crippen LogP contribution < -0.4 is 10.1 Å². The molecule has 0 unspecified atom stereocenters. The number of anilines is 1. The Kier molecular flexibility index (Phi) is 3.94. The van der Waals surface area contributed by atoms with Gasteiger partial charge in [0.1, 0.15) is 0 Å². The van der Waals surface area contributed by atoms with Gasteiger partial charge in [0.15, 0.2) is 5.75 Å². The van der Waals surface area contributed by atoms with E-state index in [-0.39, 0.29) is 5.91 Å². The predicted molar refractivity (Wildman–Crippen MR) is 87.7 cm³/mol. The summed E-state index contributed by atoms with van der Waals surface area (Å²) in [6.45, 7) is 0. The predicted octanol–water partition coefficient (Wildman–Crippen LogP) is 4.15. The van der Waals surface area contributed by atoms with Crippen LogP contribution in [0.25, 0.3) is 10.9 Å². The summed E-state index contributed by atoms with van der Waals surface area (Å²) >= 11 is 5.94. The van der Waals surface area contributed by atoms with Crippen LogP contribution in [-0.4, -0.2) is 18.0 Å². The number of halogens is 1. The van der Waals surface area contributed by atoms with Crippen molar-refractivity contribution in [1.29, 1.82) is 0 Å². The molecule has 0 atom stereocenters. The maximum Gasteiger partial charge on any atom is 0.260 e. The molecular weight excluding hydrogens is 300 g/mol. The number of para-hydroxylation sites is 1. The largest absolute Gasteiger partial charge is 0.494 e. The van der Waals surface area contributed by atoms with E-state index in [1.165, 1.54) is 7.11 Å². The second-order valence-corrected chi connectivity index (χ2v) is 5.12. The summed E-state index contributed by atoms with van der Waals surface area (Å²) in [5.74, 6) is 0.163. The molecule has 1 N–H and O–H groups in total. The number of nitrogens with one attached hydrogen (secondary N) is 1. The van der Waals surface area contributed by atoms with Crippen molar-refractivity contribution in [2.24, 2.45) is 0 Å². The van der Waals surface area contributed by atoms with Gasteiger partial charge in [-0.3, -0.25) is 9.78 Å². The average Bonchev–Trinajstić information content (AvgIpc) is 2.53. The molecule has 0 saturated carbocycles. The maximum atomic E-state index is 12.7. The zero-order valence-corrected chi connectivity index (χ0v) is 12.6. The van der Waals surface area contributed by atoms with E-state index in [0.717, 1.165) is 10.9 Å². The van der Waals surface area contributed by atoms with Crippen molar-refractivity contribution in [3.63, 3.8) is 0 Å². The summed E-state index contributed by atoms with van der Waals surface area (Å²) in [6, 6.07) is 14.4. The van der Waals surface area contributed by atoms with Gasteiger partial charge in [0.25, 0.3) is 5.91 Å². The van der Waals surface area contributed by atoms with Crippen LogP contribution in [0.15, 0.2) is 54.7 Å². The third-order valence-corrected chi connectivity index (χ3v) is 3.51. The lowest BCUT2D eigenvalue weighted by atomic mass is 10.1. The first-order valence-electron chi connectivity index (χ1n) is 6.67. The number of nitrogens with zero attached hydrogens (tertiary/aromatic N) is 1. The highest BCUT2D eigenvalue weighted by Gasteiger charge is 2.17. The second-order valence-electron chi connectivity index (χ2n) is 4.68. The van der Waals surface area contributed by atoms with Gasteiger partial charge in [0.2, 0.25) is 0 Å². The normalized spacial score (nSPS) is 10.5. The van der Waals surface area contributed by atoms with Crippen molar-refractivity contribution in [2.75, 3.05) is 12.4 Å². The molecule has 0 radical (unpaired) electrons. The Hall–Kier alpha value is -2.59. The number of methoxy groups -OCH3 is 1. The minimum absolute atomic E-state index is 0.266. The Morgan fingerprint density at radius 3 is 2.77 bits per heavy atom. The van der Waals surface area contributed by atoms with E-state index in [4.69, 9.17) is 16.3 Å². The van der Waals surface area contributed by atoms with Crippen molar-refractivity contribution in [3.8, 4) is 5.75 Å². The molecule has 0 aliphatic heterocycles. The summed E-state index contributed by atoms with van der Waals surface area (Å²) in [7, 11) is 1.52. The molecule has 2 aromatic carbocycles. The van der Waals surface area contributed by atoms with Crippen LogP contribution in [0.4, 0.5) is 5.69 Å². The number of hydrogen-bond donors (Lipinski definition) is 1. The van der Waals surface area contributed by atoms with Crippen molar-refractivity contribution >= 4 is 34.1 Å². The van der Waals surface area contributed by atoms with Crippen LogP contribution in [0, 0.1) is 0 Å². The number of carbonyl (C=O) groups excluding carboxylic acids is 1. The molecule has 0 spiro atoms. The first-order chi connectivity index (χ1) is 10.7. The zero-order chi connectivity index (χ0) is 15.5. The van der Waals surface area contributed by atoms with Crippen molar-refractivity contribution in [2.45, 2.75) is 0 Å². The van der Waals surface area contributed by atoms with Gasteiger partial charge < -0.3 is 10.1 Å². The van der Waals surface area contributed by atoms with Crippen molar-refractivity contribution in [3.05, 3.63) is 65.3 Å². The minimum Gasteiger partial charge on any atom is -0.494 e. The minimum atomic E-state index is -0.266. The highest BCUT2D eigenvalue weighted by molar-refractivity contribution is 6.31. The lowest BCUT2D eigenvalue weighted by Gasteiger charge is -2.12. The van der Waals surface area contributed by atoms with Gasteiger partial charge in [-0.1, -0.05) is 35.9 Å². The summed E-state index contributed by atoms with van der Waals surface area (Å²) in [5.41, 5.74) is 1.81. The molecule has 0 saturated heterocycles. The molecule has 110 valence electrons. The molecule has 0 aliphatic rings. The zero-order valence-electron chi connectivity index (χ0n) is 11.8. The first kappa shape index (κ1) is 14.4. The van der Waals surface area contributed by atoms with E-state index in [2.05, 4.69) is 10.3 Å². The number of ether oxygens (including phenoxy) is 1.